The van der Waals surface area contributed by atoms with Crippen LogP contribution < -0.4 is 0 Å². The van der Waals surface area contributed by atoms with Crippen LogP contribution in [0, 0.1) is 12.8 Å². The van der Waals surface area contributed by atoms with E-state index in [1.807, 2.05) is 0 Å². The number of rotatable bonds is 4. The van der Waals surface area contributed by atoms with E-state index in [1.165, 1.54) is 0 Å². The van der Waals surface area contributed by atoms with Gasteiger partial charge in [-0.2, -0.15) is 0 Å². The van der Waals surface area contributed by atoms with Crippen molar-refractivity contribution in [2.24, 2.45) is 5.92 Å². The van der Waals surface area contributed by atoms with Crippen LogP contribution in [0.2, 0.25) is 0 Å². The number of Topliss-reactive ketones (excluding diaryl/α,β-unsaturated/α-hetero) is 1. The van der Waals surface area contributed by atoms with Gasteiger partial charge >= 0.3 is 0 Å². The predicted molar refractivity (Wildman–Crippen MR) is 39.1 cm³/mol. The number of hydrogen-bond acceptors (Lipinski definition) is 1. The Labute approximate surface area is 57.5 Å². The van der Waals surface area contributed by atoms with Gasteiger partial charge in [0.25, 0.3) is 0 Å². The summed E-state index contributed by atoms with van der Waals surface area (Å²) < 4.78 is 0. The summed E-state index contributed by atoms with van der Waals surface area (Å²) in [6.45, 7) is 7.60. The van der Waals surface area contributed by atoms with Crippen LogP contribution in [0.1, 0.15) is 33.1 Å². The zero-order chi connectivity index (χ0) is 7.28. The molecule has 9 heavy (non-hydrogen) atoms. The molecule has 0 aliphatic carbocycles. The molecule has 1 nitrogen and oxygen atoms in total. The van der Waals surface area contributed by atoms with E-state index in [4.69, 9.17) is 0 Å². The van der Waals surface area contributed by atoms with Gasteiger partial charge in [-0.3, -0.25) is 4.79 Å². The van der Waals surface area contributed by atoms with E-state index in [0.29, 0.717) is 12.3 Å². The molecule has 0 bridgehead atoms. The summed E-state index contributed by atoms with van der Waals surface area (Å²) in [5.41, 5.74) is 0. The Kier molecular flexibility index (Phi) is 4.37. The van der Waals surface area contributed by atoms with Gasteiger partial charge in [-0.15, -0.1) is 0 Å². The monoisotopic (exact) mass is 127 g/mol. The highest BCUT2D eigenvalue weighted by Crippen LogP contribution is 2.08. The van der Waals surface area contributed by atoms with Gasteiger partial charge in [0, 0.05) is 13.3 Å². The van der Waals surface area contributed by atoms with E-state index >= 15 is 0 Å². The summed E-state index contributed by atoms with van der Waals surface area (Å²) >= 11 is 0. The van der Waals surface area contributed by atoms with Gasteiger partial charge in [-0.25, -0.2) is 0 Å². The minimum atomic E-state index is 0.0651. The molecule has 1 unspecified atom stereocenters. The number of carbonyl (C=O) groups excluding carboxylic acids is 1. The molecule has 0 aromatic heterocycles. The van der Waals surface area contributed by atoms with Crippen LogP contribution >= 0.6 is 0 Å². The topological polar surface area (TPSA) is 17.1 Å². The molecule has 1 atom stereocenters. The lowest BCUT2D eigenvalue weighted by molar-refractivity contribution is -0.115. The highest BCUT2D eigenvalue weighted by molar-refractivity contribution is 5.82. The van der Waals surface area contributed by atoms with E-state index in [2.05, 4.69) is 20.8 Å². The maximum absolute atomic E-state index is 10.4. The molecule has 0 aromatic carbocycles. The third kappa shape index (κ3) is 5.54. The van der Waals surface area contributed by atoms with E-state index in [-0.39, 0.29) is 5.78 Å². The van der Waals surface area contributed by atoms with Crippen LogP contribution in [0.4, 0.5) is 0 Å². The largest absolute Gasteiger partial charge is 0.300 e. The van der Waals surface area contributed by atoms with Crippen molar-refractivity contribution in [1.82, 2.24) is 0 Å². The summed E-state index contributed by atoms with van der Waals surface area (Å²) in [6.07, 6.45) is 2.81. The second kappa shape index (κ2) is 4.54. The van der Waals surface area contributed by atoms with Crippen molar-refractivity contribution in [3.63, 3.8) is 0 Å². The fourth-order valence-corrected chi connectivity index (χ4v) is 0.612. The molecule has 0 saturated heterocycles. The molecule has 0 heterocycles. The SMILES string of the molecule is [CH2]C(=O)CCC(C)CC. The van der Waals surface area contributed by atoms with Crippen molar-refractivity contribution < 1.29 is 4.79 Å². The van der Waals surface area contributed by atoms with Crippen molar-refractivity contribution in [2.75, 3.05) is 0 Å². The van der Waals surface area contributed by atoms with Crippen LogP contribution in [0.3, 0.4) is 0 Å². The van der Waals surface area contributed by atoms with Crippen molar-refractivity contribution >= 4 is 5.78 Å². The summed E-state index contributed by atoms with van der Waals surface area (Å²) in [6, 6.07) is 0. The molecule has 0 amide bonds. The second-order valence-electron chi connectivity index (χ2n) is 2.59. The fraction of sp³-hybridized carbons (Fsp3) is 0.750. The van der Waals surface area contributed by atoms with E-state index in [1.54, 1.807) is 0 Å². The molecular formula is C8H15O. The standard InChI is InChI=1S/C8H15O/c1-4-7(2)5-6-8(3)9/h7H,3-6H2,1-2H3. The maximum atomic E-state index is 10.4. The number of hydrogen-bond donors (Lipinski definition) is 0. The second-order valence-corrected chi connectivity index (χ2v) is 2.59. The average molecular weight is 127 g/mol. The lowest BCUT2D eigenvalue weighted by atomic mass is 10.0. The Balaban J connectivity index is 3.16. The molecular weight excluding hydrogens is 112 g/mol. The number of ketones is 1. The van der Waals surface area contributed by atoms with Crippen molar-refractivity contribution in [2.45, 2.75) is 33.1 Å². The first kappa shape index (κ1) is 8.67. The van der Waals surface area contributed by atoms with Crippen molar-refractivity contribution in [3.05, 3.63) is 6.92 Å². The Morgan fingerprint density at radius 3 is 2.56 bits per heavy atom. The Bertz CT molecular complexity index is 86.6. The van der Waals surface area contributed by atoms with Crippen LogP contribution in [0.5, 0.6) is 0 Å². The summed E-state index contributed by atoms with van der Waals surface area (Å²) in [5.74, 6) is 0.742. The maximum Gasteiger partial charge on any atom is 0.133 e. The Hall–Kier alpha value is -0.330. The smallest absolute Gasteiger partial charge is 0.133 e. The quantitative estimate of drug-likeness (QED) is 0.566. The molecule has 53 valence electrons. The van der Waals surface area contributed by atoms with Crippen molar-refractivity contribution in [1.29, 1.82) is 0 Å². The van der Waals surface area contributed by atoms with E-state index in [9.17, 15) is 4.79 Å². The van der Waals surface area contributed by atoms with Gasteiger partial charge in [0.05, 0.1) is 0 Å². The van der Waals surface area contributed by atoms with Crippen LogP contribution in [-0.4, -0.2) is 5.78 Å². The summed E-state index contributed by atoms with van der Waals surface area (Å²) in [4.78, 5) is 10.4. The average Bonchev–Trinajstić information content (AvgIpc) is 1.83. The minimum Gasteiger partial charge on any atom is -0.300 e. The molecule has 1 heteroatoms. The molecule has 0 aromatic rings. The first-order valence-corrected chi connectivity index (χ1v) is 3.51. The van der Waals surface area contributed by atoms with Crippen LogP contribution in [0.15, 0.2) is 0 Å². The Morgan fingerprint density at radius 1 is 1.67 bits per heavy atom. The van der Waals surface area contributed by atoms with Gasteiger partial charge in [-0.05, 0) is 12.3 Å². The first-order chi connectivity index (χ1) is 4.16. The molecule has 0 fully saturated rings. The zero-order valence-corrected chi connectivity index (χ0v) is 6.31. The molecule has 0 aliphatic heterocycles. The normalized spacial score (nSPS) is 13.2. The van der Waals surface area contributed by atoms with Crippen LogP contribution in [0.25, 0.3) is 0 Å². The first-order valence-electron chi connectivity index (χ1n) is 3.51. The van der Waals surface area contributed by atoms with E-state index in [0.717, 1.165) is 12.8 Å². The molecule has 0 spiro atoms. The summed E-state index contributed by atoms with van der Waals surface area (Å²) in [5, 5.41) is 0. The third-order valence-electron chi connectivity index (χ3n) is 1.61. The molecule has 0 aliphatic rings. The fourth-order valence-electron chi connectivity index (χ4n) is 0.612. The molecule has 0 N–H and O–H groups in total. The zero-order valence-electron chi connectivity index (χ0n) is 6.31. The molecule has 1 radical (unpaired) electrons. The number of carbonyl (C=O) groups is 1. The van der Waals surface area contributed by atoms with Crippen LogP contribution in [-0.2, 0) is 4.79 Å². The lowest BCUT2D eigenvalue weighted by Gasteiger charge is -2.04. The highest BCUT2D eigenvalue weighted by atomic mass is 16.1. The van der Waals surface area contributed by atoms with E-state index < -0.39 is 0 Å². The molecule has 0 rings (SSSR count). The van der Waals surface area contributed by atoms with Gasteiger partial charge in [0.1, 0.15) is 5.78 Å². The van der Waals surface area contributed by atoms with Gasteiger partial charge in [-0.1, -0.05) is 20.3 Å². The lowest BCUT2D eigenvalue weighted by Crippen LogP contribution is -1.96. The predicted octanol–water partition coefficient (Wildman–Crippen LogP) is 2.22. The minimum absolute atomic E-state index is 0.0651. The van der Waals surface area contributed by atoms with Gasteiger partial charge < -0.3 is 0 Å². The summed E-state index contributed by atoms with van der Waals surface area (Å²) in [7, 11) is 0. The van der Waals surface area contributed by atoms with Gasteiger partial charge in [0.2, 0.25) is 0 Å². The third-order valence-corrected chi connectivity index (χ3v) is 1.61. The van der Waals surface area contributed by atoms with Crippen molar-refractivity contribution in [3.8, 4) is 0 Å². The highest BCUT2D eigenvalue weighted by Gasteiger charge is 1.99. The van der Waals surface area contributed by atoms with Gasteiger partial charge in [0.15, 0.2) is 0 Å². The molecule has 0 saturated carbocycles. The Morgan fingerprint density at radius 2 is 2.22 bits per heavy atom.